The van der Waals surface area contributed by atoms with Crippen molar-refractivity contribution >= 4 is 0 Å². The third-order valence-corrected chi connectivity index (χ3v) is 1.76. The summed E-state index contributed by atoms with van der Waals surface area (Å²) in [6.07, 6.45) is 6.92. The van der Waals surface area contributed by atoms with Crippen molar-refractivity contribution in [2.75, 3.05) is 0 Å². The average molecular weight is 200 g/mol. The molecule has 0 unspecified atom stereocenters. The van der Waals surface area contributed by atoms with Gasteiger partial charge in [0.2, 0.25) is 0 Å². The fourth-order valence-corrected chi connectivity index (χ4v) is 0.905. The Labute approximate surface area is 94.8 Å². The number of rotatable bonds is 3. The van der Waals surface area contributed by atoms with Gasteiger partial charge in [-0.2, -0.15) is 0 Å². The summed E-state index contributed by atoms with van der Waals surface area (Å²) in [5.41, 5.74) is 0. The van der Waals surface area contributed by atoms with Crippen LogP contribution in [0.25, 0.3) is 0 Å². The van der Waals surface area contributed by atoms with Crippen molar-refractivity contribution < 1.29 is 0 Å². The SMILES string of the molecule is CCCC#CCC#CCC#CCCCC. The van der Waals surface area contributed by atoms with Crippen LogP contribution in [0.1, 0.15) is 58.8 Å². The highest BCUT2D eigenvalue weighted by atomic mass is 13.8. The van der Waals surface area contributed by atoms with E-state index in [1.165, 1.54) is 12.8 Å². The Bertz CT molecular complexity index is 303. The van der Waals surface area contributed by atoms with Crippen molar-refractivity contribution in [1.29, 1.82) is 0 Å². The molecule has 0 aromatic heterocycles. The smallest absolute Gasteiger partial charge is 0.0702 e. The van der Waals surface area contributed by atoms with Crippen LogP contribution in [0, 0.1) is 35.5 Å². The van der Waals surface area contributed by atoms with Crippen LogP contribution in [0.3, 0.4) is 0 Å². The van der Waals surface area contributed by atoms with Gasteiger partial charge in [0.25, 0.3) is 0 Å². The first-order valence-corrected chi connectivity index (χ1v) is 5.79. The molecule has 0 aromatic carbocycles. The predicted molar refractivity (Wildman–Crippen MR) is 67.0 cm³/mol. The summed E-state index contributed by atoms with van der Waals surface area (Å²) in [6.45, 7) is 4.31. The molecular weight excluding hydrogens is 180 g/mol. The van der Waals surface area contributed by atoms with E-state index in [0.717, 1.165) is 19.3 Å². The Balaban J connectivity index is 3.45. The van der Waals surface area contributed by atoms with Gasteiger partial charge in [0.05, 0.1) is 12.8 Å². The van der Waals surface area contributed by atoms with Crippen molar-refractivity contribution in [2.45, 2.75) is 58.8 Å². The summed E-state index contributed by atoms with van der Waals surface area (Å²) < 4.78 is 0. The molecule has 0 bridgehead atoms. The minimum Gasteiger partial charge on any atom is -0.102 e. The monoisotopic (exact) mass is 200 g/mol. The van der Waals surface area contributed by atoms with Gasteiger partial charge in [0.1, 0.15) is 0 Å². The van der Waals surface area contributed by atoms with Gasteiger partial charge in [-0.05, 0) is 12.8 Å². The Hall–Kier alpha value is -1.32. The molecule has 0 radical (unpaired) electrons. The summed E-state index contributed by atoms with van der Waals surface area (Å²) in [6, 6.07) is 0. The lowest BCUT2D eigenvalue weighted by molar-refractivity contribution is 0.828. The summed E-state index contributed by atoms with van der Waals surface area (Å²) in [5, 5.41) is 0. The lowest BCUT2D eigenvalue weighted by Crippen LogP contribution is -1.68. The maximum Gasteiger partial charge on any atom is 0.0702 e. The van der Waals surface area contributed by atoms with E-state index < -0.39 is 0 Å². The molecule has 0 saturated heterocycles. The zero-order chi connectivity index (χ0) is 11.2. The zero-order valence-corrected chi connectivity index (χ0v) is 9.95. The van der Waals surface area contributed by atoms with E-state index >= 15 is 0 Å². The standard InChI is InChI=1S/C15H20/c1-3-5-7-9-11-13-15-14-12-10-8-6-4-2/h3-7,12-13H2,1-2H3. The second-order valence-electron chi connectivity index (χ2n) is 3.27. The van der Waals surface area contributed by atoms with Crippen molar-refractivity contribution in [2.24, 2.45) is 0 Å². The zero-order valence-electron chi connectivity index (χ0n) is 9.95. The average Bonchev–Trinajstić information content (AvgIpc) is 2.26. The Morgan fingerprint density at radius 2 is 1.13 bits per heavy atom. The Kier molecular flexibility index (Phi) is 11.6. The summed E-state index contributed by atoms with van der Waals surface area (Å²) in [7, 11) is 0. The molecular formula is C15H20. The highest BCUT2D eigenvalue weighted by molar-refractivity contribution is 5.16. The minimum atomic E-state index is 0.691. The summed E-state index contributed by atoms with van der Waals surface area (Å²) in [5.74, 6) is 18.3. The van der Waals surface area contributed by atoms with Gasteiger partial charge < -0.3 is 0 Å². The van der Waals surface area contributed by atoms with Crippen LogP contribution < -0.4 is 0 Å². The van der Waals surface area contributed by atoms with E-state index in [4.69, 9.17) is 0 Å². The molecule has 0 rings (SSSR count). The molecule has 0 aliphatic heterocycles. The first kappa shape index (κ1) is 13.7. The quantitative estimate of drug-likeness (QED) is 0.480. The molecule has 0 N–H and O–H groups in total. The highest BCUT2D eigenvalue weighted by Crippen LogP contribution is 1.90. The predicted octanol–water partition coefficient (Wildman–Crippen LogP) is 3.77. The van der Waals surface area contributed by atoms with Gasteiger partial charge >= 0.3 is 0 Å². The second-order valence-corrected chi connectivity index (χ2v) is 3.27. The molecule has 0 fully saturated rings. The molecule has 0 aliphatic rings. The largest absolute Gasteiger partial charge is 0.102 e. The number of unbranched alkanes of at least 4 members (excludes halogenated alkanes) is 3. The lowest BCUT2D eigenvalue weighted by atomic mass is 10.2. The van der Waals surface area contributed by atoms with E-state index in [1.807, 2.05) is 0 Å². The summed E-state index contributed by atoms with van der Waals surface area (Å²) in [4.78, 5) is 0. The molecule has 0 spiro atoms. The number of hydrogen-bond acceptors (Lipinski definition) is 0. The molecule has 0 heterocycles. The van der Waals surface area contributed by atoms with Crippen LogP contribution in [0.4, 0.5) is 0 Å². The molecule has 0 amide bonds. The first-order chi connectivity index (χ1) is 7.41. The third kappa shape index (κ3) is 12.7. The maximum atomic E-state index is 3.11. The van der Waals surface area contributed by atoms with Crippen LogP contribution in [0.15, 0.2) is 0 Å². The summed E-state index contributed by atoms with van der Waals surface area (Å²) >= 11 is 0. The van der Waals surface area contributed by atoms with Crippen molar-refractivity contribution in [3.05, 3.63) is 0 Å². The van der Waals surface area contributed by atoms with Gasteiger partial charge in [-0.1, -0.05) is 44.0 Å². The van der Waals surface area contributed by atoms with Crippen LogP contribution in [-0.4, -0.2) is 0 Å². The van der Waals surface area contributed by atoms with Crippen molar-refractivity contribution in [3.8, 4) is 35.5 Å². The highest BCUT2D eigenvalue weighted by Gasteiger charge is 1.75. The lowest BCUT2D eigenvalue weighted by Gasteiger charge is -1.82. The third-order valence-electron chi connectivity index (χ3n) is 1.76. The van der Waals surface area contributed by atoms with Crippen LogP contribution in [0.5, 0.6) is 0 Å². The van der Waals surface area contributed by atoms with Gasteiger partial charge in [0.15, 0.2) is 0 Å². The molecule has 15 heavy (non-hydrogen) atoms. The van der Waals surface area contributed by atoms with E-state index in [-0.39, 0.29) is 0 Å². The van der Waals surface area contributed by atoms with Gasteiger partial charge in [-0.3, -0.25) is 0 Å². The van der Waals surface area contributed by atoms with Crippen LogP contribution in [0.2, 0.25) is 0 Å². The number of hydrogen-bond donors (Lipinski definition) is 0. The molecule has 0 atom stereocenters. The Morgan fingerprint density at radius 1 is 0.600 bits per heavy atom. The molecule has 0 nitrogen and oxygen atoms in total. The van der Waals surface area contributed by atoms with E-state index in [0.29, 0.717) is 12.8 Å². The van der Waals surface area contributed by atoms with E-state index in [1.54, 1.807) is 0 Å². The van der Waals surface area contributed by atoms with Crippen molar-refractivity contribution in [1.82, 2.24) is 0 Å². The topological polar surface area (TPSA) is 0 Å². The second kappa shape index (κ2) is 12.7. The van der Waals surface area contributed by atoms with Gasteiger partial charge in [0, 0.05) is 12.8 Å². The van der Waals surface area contributed by atoms with E-state index in [9.17, 15) is 0 Å². The molecule has 0 saturated carbocycles. The van der Waals surface area contributed by atoms with E-state index in [2.05, 4.69) is 49.4 Å². The molecule has 0 aliphatic carbocycles. The molecule has 0 aromatic rings. The van der Waals surface area contributed by atoms with Crippen molar-refractivity contribution in [3.63, 3.8) is 0 Å². The van der Waals surface area contributed by atoms with Crippen LogP contribution >= 0.6 is 0 Å². The fourth-order valence-electron chi connectivity index (χ4n) is 0.905. The van der Waals surface area contributed by atoms with Crippen LogP contribution in [-0.2, 0) is 0 Å². The Morgan fingerprint density at radius 3 is 1.67 bits per heavy atom. The van der Waals surface area contributed by atoms with Gasteiger partial charge in [-0.15, -0.1) is 11.8 Å². The van der Waals surface area contributed by atoms with Gasteiger partial charge in [-0.25, -0.2) is 0 Å². The maximum absolute atomic E-state index is 3.11. The molecule has 80 valence electrons. The first-order valence-electron chi connectivity index (χ1n) is 5.79. The normalized spacial score (nSPS) is 7.60. The minimum absolute atomic E-state index is 0.691. The molecule has 0 heteroatoms. The fraction of sp³-hybridized carbons (Fsp3) is 0.600.